The van der Waals surface area contributed by atoms with Crippen LogP contribution in [0.3, 0.4) is 0 Å². The summed E-state index contributed by atoms with van der Waals surface area (Å²) < 4.78 is 4.82. The number of ether oxygens (including phenoxy) is 1. The molecule has 0 radical (unpaired) electrons. The van der Waals surface area contributed by atoms with Crippen molar-refractivity contribution in [1.29, 1.82) is 0 Å². The molecule has 0 fully saturated rings. The number of esters is 1. The van der Waals surface area contributed by atoms with Crippen molar-refractivity contribution in [2.45, 2.75) is 26.3 Å². The average Bonchev–Trinajstić information content (AvgIpc) is 2.97. The van der Waals surface area contributed by atoms with Gasteiger partial charge in [0, 0.05) is 18.5 Å². The summed E-state index contributed by atoms with van der Waals surface area (Å²) in [5, 5.41) is 2.67. The molecule has 3 amide bonds. The molecule has 1 heterocycles. The van der Waals surface area contributed by atoms with Gasteiger partial charge in [0.1, 0.15) is 6.04 Å². The Kier molecular flexibility index (Phi) is 6.30. The minimum absolute atomic E-state index is 0.133. The number of rotatable bonds is 7. The minimum atomic E-state index is -0.882. The molecular formula is C23H24N2O5. The first-order valence-corrected chi connectivity index (χ1v) is 9.74. The maximum atomic E-state index is 12.8. The highest BCUT2D eigenvalue weighted by molar-refractivity contribution is 6.22. The Hall–Kier alpha value is -3.48. The molecule has 0 saturated carbocycles. The Morgan fingerprint density at radius 3 is 2.30 bits per heavy atom. The van der Waals surface area contributed by atoms with Gasteiger partial charge in [-0.3, -0.25) is 19.3 Å². The Labute approximate surface area is 175 Å². The van der Waals surface area contributed by atoms with Crippen molar-refractivity contribution in [3.05, 3.63) is 70.8 Å². The molecule has 1 aliphatic rings. The van der Waals surface area contributed by atoms with E-state index in [1.54, 1.807) is 0 Å². The monoisotopic (exact) mass is 408 g/mol. The van der Waals surface area contributed by atoms with Gasteiger partial charge in [-0.05, 0) is 29.7 Å². The molecule has 0 spiro atoms. The van der Waals surface area contributed by atoms with E-state index in [9.17, 15) is 19.2 Å². The van der Waals surface area contributed by atoms with E-state index in [2.05, 4.69) is 5.32 Å². The second kappa shape index (κ2) is 8.90. The summed E-state index contributed by atoms with van der Waals surface area (Å²) in [5.41, 5.74) is 1.55. The number of fused-ring (bicyclic) bond motifs is 1. The largest absolute Gasteiger partial charge is 0.467 e. The quantitative estimate of drug-likeness (QED) is 0.561. The van der Waals surface area contributed by atoms with Crippen LogP contribution in [0.5, 0.6) is 0 Å². The number of amides is 3. The number of nitrogens with one attached hydrogen (secondary N) is 1. The molecule has 0 aliphatic carbocycles. The zero-order valence-corrected chi connectivity index (χ0v) is 17.2. The molecule has 0 aromatic heterocycles. The van der Waals surface area contributed by atoms with Gasteiger partial charge in [-0.1, -0.05) is 44.2 Å². The third kappa shape index (κ3) is 4.40. The summed E-state index contributed by atoms with van der Waals surface area (Å²) in [4.78, 5) is 51.3. The fourth-order valence-electron chi connectivity index (χ4n) is 3.39. The standard InChI is InChI=1S/C23H24N2O5/c1-14(2)13-25-21(27)17-10-9-16(12-18(17)22(25)28)20(26)24-19(23(29)30-3)11-15-7-5-4-6-8-15/h4-10,12,14,19H,11,13H2,1-3H3,(H,24,26)/t19-/m1/s1. The fraction of sp³-hybridized carbons (Fsp3) is 0.304. The van der Waals surface area contributed by atoms with Crippen LogP contribution in [0.25, 0.3) is 0 Å². The predicted molar refractivity (Wildman–Crippen MR) is 110 cm³/mol. The van der Waals surface area contributed by atoms with Gasteiger partial charge < -0.3 is 10.1 Å². The zero-order chi connectivity index (χ0) is 21.8. The summed E-state index contributed by atoms with van der Waals surface area (Å²) in [5.74, 6) is -1.72. The summed E-state index contributed by atoms with van der Waals surface area (Å²) in [6.07, 6.45) is 0.268. The van der Waals surface area contributed by atoms with Gasteiger partial charge in [-0.25, -0.2) is 4.79 Å². The molecule has 2 aromatic rings. The lowest BCUT2D eigenvalue weighted by Gasteiger charge is -2.17. The van der Waals surface area contributed by atoms with Crippen molar-refractivity contribution < 1.29 is 23.9 Å². The Morgan fingerprint density at radius 1 is 1.00 bits per heavy atom. The first kappa shape index (κ1) is 21.2. The van der Waals surface area contributed by atoms with Crippen molar-refractivity contribution in [2.24, 2.45) is 5.92 Å². The number of imide groups is 1. The smallest absolute Gasteiger partial charge is 0.328 e. The summed E-state index contributed by atoms with van der Waals surface area (Å²) in [7, 11) is 1.26. The van der Waals surface area contributed by atoms with Crippen LogP contribution in [0.1, 0.15) is 50.5 Å². The van der Waals surface area contributed by atoms with E-state index in [1.807, 2.05) is 44.2 Å². The third-order valence-corrected chi connectivity index (χ3v) is 4.85. The van der Waals surface area contributed by atoms with Crippen LogP contribution in [-0.2, 0) is 16.0 Å². The van der Waals surface area contributed by atoms with E-state index in [0.29, 0.717) is 6.54 Å². The van der Waals surface area contributed by atoms with Crippen molar-refractivity contribution in [1.82, 2.24) is 10.2 Å². The molecule has 0 unspecified atom stereocenters. The van der Waals surface area contributed by atoms with Crippen LogP contribution in [-0.4, -0.2) is 48.3 Å². The highest BCUT2D eigenvalue weighted by atomic mass is 16.5. The fourth-order valence-corrected chi connectivity index (χ4v) is 3.39. The van der Waals surface area contributed by atoms with Gasteiger partial charge in [-0.15, -0.1) is 0 Å². The van der Waals surface area contributed by atoms with E-state index < -0.39 is 23.8 Å². The maximum Gasteiger partial charge on any atom is 0.328 e. The molecule has 156 valence electrons. The van der Waals surface area contributed by atoms with E-state index in [4.69, 9.17) is 4.74 Å². The van der Waals surface area contributed by atoms with Gasteiger partial charge >= 0.3 is 5.97 Å². The topological polar surface area (TPSA) is 92.8 Å². The lowest BCUT2D eigenvalue weighted by Crippen LogP contribution is -2.43. The second-order valence-electron chi connectivity index (χ2n) is 7.61. The van der Waals surface area contributed by atoms with Gasteiger partial charge in [0.25, 0.3) is 17.7 Å². The molecule has 1 aliphatic heterocycles. The van der Waals surface area contributed by atoms with Crippen molar-refractivity contribution in [3.8, 4) is 0 Å². The van der Waals surface area contributed by atoms with Crippen LogP contribution in [0.15, 0.2) is 48.5 Å². The second-order valence-corrected chi connectivity index (χ2v) is 7.61. The molecule has 7 heteroatoms. The third-order valence-electron chi connectivity index (χ3n) is 4.85. The minimum Gasteiger partial charge on any atom is -0.467 e. The Morgan fingerprint density at radius 2 is 1.67 bits per heavy atom. The normalized spacial score (nSPS) is 13.9. The van der Waals surface area contributed by atoms with Crippen LogP contribution >= 0.6 is 0 Å². The molecule has 0 bridgehead atoms. The first-order chi connectivity index (χ1) is 14.3. The number of hydrogen-bond donors (Lipinski definition) is 1. The highest BCUT2D eigenvalue weighted by Gasteiger charge is 2.36. The predicted octanol–water partition coefficient (Wildman–Crippen LogP) is 2.45. The van der Waals surface area contributed by atoms with Crippen LogP contribution in [0, 0.1) is 5.92 Å². The van der Waals surface area contributed by atoms with Crippen molar-refractivity contribution in [2.75, 3.05) is 13.7 Å². The Balaban J connectivity index is 1.80. The van der Waals surface area contributed by atoms with Gasteiger partial charge in [0.2, 0.25) is 0 Å². The van der Waals surface area contributed by atoms with Gasteiger partial charge in [-0.2, -0.15) is 0 Å². The number of nitrogens with zero attached hydrogens (tertiary/aromatic N) is 1. The number of carbonyl (C=O) groups excluding carboxylic acids is 4. The molecule has 1 N–H and O–H groups in total. The van der Waals surface area contributed by atoms with E-state index in [0.717, 1.165) is 5.56 Å². The number of hydrogen-bond acceptors (Lipinski definition) is 5. The van der Waals surface area contributed by atoms with Gasteiger partial charge in [0.05, 0.1) is 18.2 Å². The van der Waals surface area contributed by atoms with E-state index in [-0.39, 0.29) is 34.9 Å². The summed E-state index contributed by atoms with van der Waals surface area (Å²) in [6, 6.07) is 12.7. The molecule has 30 heavy (non-hydrogen) atoms. The molecule has 0 saturated heterocycles. The average molecular weight is 408 g/mol. The van der Waals surface area contributed by atoms with Gasteiger partial charge in [0.15, 0.2) is 0 Å². The molecule has 2 aromatic carbocycles. The van der Waals surface area contributed by atoms with Crippen LogP contribution in [0.2, 0.25) is 0 Å². The zero-order valence-electron chi connectivity index (χ0n) is 17.2. The van der Waals surface area contributed by atoms with Crippen LogP contribution < -0.4 is 5.32 Å². The molecule has 7 nitrogen and oxygen atoms in total. The lowest BCUT2D eigenvalue weighted by molar-refractivity contribution is -0.142. The van der Waals surface area contributed by atoms with Crippen LogP contribution in [0.4, 0.5) is 0 Å². The molecular weight excluding hydrogens is 384 g/mol. The lowest BCUT2D eigenvalue weighted by atomic mass is 10.0. The van der Waals surface area contributed by atoms with Crippen molar-refractivity contribution >= 4 is 23.7 Å². The summed E-state index contributed by atoms with van der Waals surface area (Å²) >= 11 is 0. The highest BCUT2D eigenvalue weighted by Crippen LogP contribution is 2.25. The maximum absolute atomic E-state index is 12.8. The molecule has 1 atom stereocenters. The summed E-state index contributed by atoms with van der Waals surface area (Å²) in [6.45, 7) is 4.15. The number of benzene rings is 2. The number of methoxy groups -OCH3 is 1. The van der Waals surface area contributed by atoms with E-state index >= 15 is 0 Å². The Bertz CT molecular complexity index is 984. The van der Waals surface area contributed by atoms with E-state index in [1.165, 1.54) is 30.2 Å². The SMILES string of the molecule is COC(=O)[C@@H](Cc1ccccc1)NC(=O)c1ccc2c(c1)C(=O)N(CC(C)C)C2=O. The number of carbonyl (C=O) groups is 4. The van der Waals surface area contributed by atoms with Crippen molar-refractivity contribution in [3.63, 3.8) is 0 Å². The first-order valence-electron chi connectivity index (χ1n) is 9.74. The molecule has 3 rings (SSSR count).